The fraction of sp³-hybridized carbons (Fsp3) is 0.450. The van der Waals surface area contributed by atoms with Gasteiger partial charge in [-0.25, -0.2) is 0 Å². The molecule has 1 aromatic heterocycles. The Bertz CT molecular complexity index is 676. The largest absolute Gasteiger partial charge is 0.497 e. The van der Waals surface area contributed by atoms with E-state index in [1.807, 2.05) is 30.3 Å². The molecule has 5 heteroatoms. The highest BCUT2D eigenvalue weighted by Crippen LogP contribution is 2.41. The van der Waals surface area contributed by atoms with E-state index in [1.54, 1.807) is 7.11 Å². The van der Waals surface area contributed by atoms with Crippen LogP contribution in [0.15, 0.2) is 42.5 Å². The Morgan fingerprint density at radius 2 is 1.76 bits per heavy atom. The summed E-state index contributed by atoms with van der Waals surface area (Å²) in [6.45, 7) is 11.3. The summed E-state index contributed by atoms with van der Waals surface area (Å²) in [6.07, 6.45) is -0.199. The predicted octanol–water partition coefficient (Wildman–Crippen LogP) is 6.10. The Balaban J connectivity index is 2.53. The number of methoxy groups -OCH3 is 1. The smallest absolute Gasteiger partial charge is 0.193 e. The Kier molecular flexibility index (Phi) is 6.46. The fourth-order valence-corrected chi connectivity index (χ4v) is 3.79. The maximum absolute atomic E-state index is 6.78. The maximum atomic E-state index is 6.78. The van der Waals surface area contributed by atoms with Crippen LogP contribution in [0, 0.1) is 0 Å². The summed E-state index contributed by atoms with van der Waals surface area (Å²) in [5.41, 5.74) is 2.95. The fourth-order valence-electron chi connectivity index (χ4n) is 2.30. The van der Waals surface area contributed by atoms with Crippen LogP contribution in [0.5, 0.6) is 5.75 Å². The van der Waals surface area contributed by atoms with Gasteiger partial charge in [-0.05, 0) is 23.7 Å². The van der Waals surface area contributed by atoms with E-state index in [1.165, 1.54) is 0 Å². The van der Waals surface area contributed by atoms with Crippen molar-refractivity contribution in [3.63, 3.8) is 0 Å². The molecule has 0 saturated carbocycles. The van der Waals surface area contributed by atoms with Gasteiger partial charge in [-0.2, -0.15) is 0 Å². The summed E-state index contributed by atoms with van der Waals surface area (Å²) in [6, 6.07) is 14.3. The molecule has 2 aromatic rings. The highest BCUT2D eigenvalue weighted by Gasteiger charge is 2.40. The van der Waals surface area contributed by atoms with E-state index in [0.29, 0.717) is 5.33 Å². The summed E-state index contributed by atoms with van der Waals surface area (Å²) >= 11 is 3.50. The van der Waals surface area contributed by atoms with Gasteiger partial charge in [0.25, 0.3) is 0 Å². The number of nitrogens with zero attached hydrogens (tertiary/aromatic N) is 1. The zero-order valence-corrected chi connectivity index (χ0v) is 18.6. The normalized spacial score (nSPS) is 13.6. The number of hydrogen-bond acceptors (Lipinski definition) is 3. The van der Waals surface area contributed by atoms with Crippen LogP contribution in [0.2, 0.25) is 18.1 Å². The third-order valence-electron chi connectivity index (χ3n) is 4.83. The van der Waals surface area contributed by atoms with Crippen LogP contribution in [0.1, 0.15) is 43.8 Å². The third kappa shape index (κ3) is 4.93. The molecule has 0 radical (unpaired) electrons. The van der Waals surface area contributed by atoms with Gasteiger partial charge in [0, 0.05) is 17.5 Å². The molecule has 0 aliphatic carbocycles. The van der Waals surface area contributed by atoms with Gasteiger partial charge >= 0.3 is 0 Å². The summed E-state index contributed by atoms with van der Waals surface area (Å²) in [5, 5.41) is 0.802. The molecule has 2 rings (SSSR count). The molecule has 25 heavy (non-hydrogen) atoms. The molecule has 0 amide bonds. The van der Waals surface area contributed by atoms with Crippen molar-refractivity contribution in [3.8, 4) is 5.75 Å². The summed E-state index contributed by atoms with van der Waals surface area (Å²) in [5.74, 6) is 0.805. The van der Waals surface area contributed by atoms with Crippen molar-refractivity contribution in [3.05, 3.63) is 59.4 Å². The molecule has 1 heterocycles. The van der Waals surface area contributed by atoms with Crippen molar-refractivity contribution >= 4 is 24.2 Å². The first-order valence-corrected chi connectivity index (χ1v) is 12.5. The monoisotopic (exact) mass is 421 g/mol. The van der Waals surface area contributed by atoms with Gasteiger partial charge in [0.1, 0.15) is 11.9 Å². The molecule has 0 aliphatic heterocycles. The lowest BCUT2D eigenvalue weighted by Gasteiger charge is -2.39. The van der Waals surface area contributed by atoms with Crippen molar-refractivity contribution in [1.82, 2.24) is 4.98 Å². The number of hydrogen-bond donors (Lipinski definition) is 0. The highest BCUT2D eigenvalue weighted by atomic mass is 79.9. The zero-order chi connectivity index (χ0) is 18.7. The van der Waals surface area contributed by atoms with Gasteiger partial charge < -0.3 is 9.16 Å². The Morgan fingerprint density at radius 1 is 1.12 bits per heavy atom. The molecule has 0 bridgehead atoms. The Labute approximate surface area is 161 Å². The van der Waals surface area contributed by atoms with E-state index in [2.05, 4.69) is 61.9 Å². The van der Waals surface area contributed by atoms with Crippen LogP contribution in [-0.4, -0.2) is 20.4 Å². The molecular formula is C20H28BrNO2Si. The van der Waals surface area contributed by atoms with Crippen LogP contribution in [0.25, 0.3) is 0 Å². The van der Waals surface area contributed by atoms with Crippen LogP contribution < -0.4 is 4.74 Å². The molecular weight excluding hydrogens is 394 g/mol. The molecule has 0 N–H and O–H groups in total. The average molecular weight is 422 g/mol. The van der Waals surface area contributed by atoms with E-state index >= 15 is 0 Å². The molecule has 1 atom stereocenters. The number of benzene rings is 1. The minimum absolute atomic E-state index is 0.122. The van der Waals surface area contributed by atoms with E-state index in [-0.39, 0.29) is 11.1 Å². The lowest BCUT2D eigenvalue weighted by molar-refractivity contribution is 0.217. The first-order valence-electron chi connectivity index (χ1n) is 8.51. The van der Waals surface area contributed by atoms with Gasteiger partial charge in [-0.3, -0.25) is 4.98 Å². The standard InChI is InChI=1S/C20H28BrNO2Si/c1-20(2,3)25(5,6)24-19(15-10-8-7-9-11-15)18-13-17(23-4)12-16(14-21)22-18/h7-13,19H,14H2,1-6H3/t19-/m1/s1. The molecule has 1 aromatic carbocycles. The molecule has 136 valence electrons. The molecule has 0 spiro atoms. The van der Waals surface area contributed by atoms with Gasteiger partial charge in [0.05, 0.1) is 18.5 Å². The molecule has 0 unspecified atom stereocenters. The molecule has 0 aliphatic rings. The second-order valence-corrected chi connectivity index (χ2v) is 13.0. The van der Waals surface area contributed by atoms with Crippen molar-refractivity contribution < 1.29 is 9.16 Å². The lowest BCUT2D eigenvalue weighted by Crippen LogP contribution is -2.42. The first kappa shape index (κ1) is 20.1. The van der Waals surface area contributed by atoms with Crippen LogP contribution >= 0.6 is 15.9 Å². The van der Waals surface area contributed by atoms with Crippen molar-refractivity contribution in [1.29, 1.82) is 0 Å². The maximum Gasteiger partial charge on any atom is 0.193 e. The minimum Gasteiger partial charge on any atom is -0.497 e. The molecule has 0 fully saturated rings. The Morgan fingerprint density at radius 3 is 2.28 bits per heavy atom. The number of alkyl halides is 1. The van der Waals surface area contributed by atoms with Crippen molar-refractivity contribution in [2.24, 2.45) is 0 Å². The van der Waals surface area contributed by atoms with Crippen molar-refractivity contribution in [2.45, 2.75) is 50.3 Å². The van der Waals surface area contributed by atoms with Crippen molar-refractivity contribution in [2.75, 3.05) is 7.11 Å². The van der Waals surface area contributed by atoms with Crippen LogP contribution in [0.4, 0.5) is 0 Å². The third-order valence-corrected chi connectivity index (χ3v) is 9.85. The molecule has 3 nitrogen and oxygen atoms in total. The van der Waals surface area contributed by atoms with Gasteiger partial charge in [-0.15, -0.1) is 0 Å². The SMILES string of the molecule is COc1cc(CBr)nc([C@H](O[Si](C)(C)C(C)(C)C)c2ccccc2)c1. The predicted molar refractivity (Wildman–Crippen MR) is 110 cm³/mol. The lowest BCUT2D eigenvalue weighted by atomic mass is 10.1. The number of aromatic nitrogens is 1. The summed E-state index contributed by atoms with van der Waals surface area (Å²) in [4.78, 5) is 4.81. The summed E-state index contributed by atoms with van der Waals surface area (Å²) in [7, 11) is -0.297. The quantitative estimate of drug-likeness (QED) is 0.417. The second kappa shape index (κ2) is 8.02. The number of halogens is 1. The van der Waals surface area contributed by atoms with E-state index in [4.69, 9.17) is 14.1 Å². The van der Waals surface area contributed by atoms with Gasteiger partial charge in [0.2, 0.25) is 0 Å². The zero-order valence-electron chi connectivity index (χ0n) is 16.0. The van der Waals surface area contributed by atoms with E-state index in [9.17, 15) is 0 Å². The van der Waals surface area contributed by atoms with Gasteiger partial charge in [-0.1, -0.05) is 67.0 Å². The summed E-state index contributed by atoms with van der Waals surface area (Å²) < 4.78 is 12.3. The number of ether oxygens (including phenoxy) is 1. The Hall–Kier alpha value is -1.17. The topological polar surface area (TPSA) is 31.4 Å². The minimum atomic E-state index is -1.98. The number of rotatable bonds is 6. The van der Waals surface area contributed by atoms with Crippen LogP contribution in [0.3, 0.4) is 0 Å². The number of pyridine rings is 1. The second-order valence-electron chi connectivity index (χ2n) is 7.73. The van der Waals surface area contributed by atoms with Crippen LogP contribution in [-0.2, 0) is 9.76 Å². The van der Waals surface area contributed by atoms with Gasteiger partial charge in [0.15, 0.2) is 8.32 Å². The average Bonchev–Trinajstić information content (AvgIpc) is 2.59. The van der Waals surface area contributed by atoms with E-state index in [0.717, 1.165) is 22.7 Å². The first-order chi connectivity index (χ1) is 11.7. The molecule has 0 saturated heterocycles. The highest BCUT2D eigenvalue weighted by molar-refractivity contribution is 9.08. The van der Waals surface area contributed by atoms with E-state index < -0.39 is 8.32 Å².